The Labute approximate surface area is 167 Å². The average molecular weight is 425 g/mol. The summed E-state index contributed by atoms with van der Waals surface area (Å²) in [6.07, 6.45) is 3.07. The Kier molecular flexibility index (Phi) is 4.74. The molecule has 4 rings (SSSR count). The topological polar surface area (TPSA) is 43.4 Å². The summed E-state index contributed by atoms with van der Waals surface area (Å²) in [7, 11) is -4.06. The predicted octanol–water partition coefficient (Wildman–Crippen LogP) is 5.43. The molecule has 0 bridgehead atoms. The van der Waals surface area contributed by atoms with Crippen molar-refractivity contribution in [3.8, 4) is 5.75 Å². The summed E-state index contributed by atoms with van der Waals surface area (Å²) in [6, 6.07) is 7.76. The molecule has 1 fully saturated rings. The van der Waals surface area contributed by atoms with Crippen LogP contribution in [-0.4, -0.2) is 15.0 Å². The Morgan fingerprint density at radius 3 is 2.50 bits per heavy atom. The molecule has 0 aromatic heterocycles. The van der Waals surface area contributed by atoms with Crippen LogP contribution in [0.1, 0.15) is 31.7 Å². The molecule has 0 saturated heterocycles. The molecule has 1 aliphatic carbocycles. The second-order valence-corrected chi connectivity index (χ2v) is 9.88. The van der Waals surface area contributed by atoms with Gasteiger partial charge in [-0.15, -0.1) is 0 Å². The van der Waals surface area contributed by atoms with Crippen molar-refractivity contribution < 1.29 is 21.9 Å². The van der Waals surface area contributed by atoms with Gasteiger partial charge in [0.1, 0.15) is 10.6 Å². The zero-order valence-electron chi connectivity index (χ0n) is 15.2. The van der Waals surface area contributed by atoms with E-state index in [0.29, 0.717) is 17.9 Å². The molecule has 2 aromatic rings. The van der Waals surface area contributed by atoms with E-state index in [1.165, 1.54) is 24.3 Å². The van der Waals surface area contributed by atoms with Gasteiger partial charge >= 0.3 is 0 Å². The highest BCUT2D eigenvalue weighted by Gasteiger charge is 2.58. The van der Waals surface area contributed by atoms with E-state index < -0.39 is 32.1 Å². The highest BCUT2D eigenvalue weighted by atomic mass is 35.5. The first-order valence-electron chi connectivity index (χ1n) is 9.07. The standard InChI is InChI=1S/C21H19ClF2O3S/c1-2-13-9-10-21(28(25,26)16-5-3-15(22)4-6-16)14(11-13)12-27-20-18(24)8-7-17(23)19(20)21/h2-8,14H,9-12H2,1H3/t14-,21+/m1/s1. The summed E-state index contributed by atoms with van der Waals surface area (Å²) >= 11 is 5.92. The van der Waals surface area contributed by atoms with Crippen molar-refractivity contribution in [1.29, 1.82) is 0 Å². The van der Waals surface area contributed by atoms with E-state index >= 15 is 4.39 Å². The van der Waals surface area contributed by atoms with Gasteiger partial charge < -0.3 is 4.74 Å². The molecule has 148 valence electrons. The Morgan fingerprint density at radius 2 is 1.82 bits per heavy atom. The van der Waals surface area contributed by atoms with Gasteiger partial charge in [0.25, 0.3) is 0 Å². The molecule has 0 N–H and O–H groups in total. The number of halogens is 3. The summed E-state index contributed by atoms with van der Waals surface area (Å²) in [5.74, 6) is -2.32. The maximum Gasteiger partial charge on any atom is 0.188 e. The van der Waals surface area contributed by atoms with Gasteiger partial charge in [0.05, 0.1) is 17.1 Å². The summed E-state index contributed by atoms with van der Waals surface area (Å²) in [5.41, 5.74) is 0.907. The zero-order valence-corrected chi connectivity index (χ0v) is 16.8. The molecule has 2 atom stereocenters. The van der Waals surface area contributed by atoms with E-state index in [9.17, 15) is 12.8 Å². The fourth-order valence-electron chi connectivity index (χ4n) is 4.48. The minimum Gasteiger partial charge on any atom is -0.490 e. The lowest BCUT2D eigenvalue weighted by Gasteiger charge is -2.47. The quantitative estimate of drug-likeness (QED) is 0.604. The van der Waals surface area contributed by atoms with Crippen LogP contribution in [-0.2, 0) is 14.6 Å². The van der Waals surface area contributed by atoms with Gasteiger partial charge in [-0.25, -0.2) is 17.2 Å². The number of rotatable bonds is 2. The van der Waals surface area contributed by atoms with Crippen molar-refractivity contribution in [2.45, 2.75) is 35.8 Å². The van der Waals surface area contributed by atoms with E-state index in [4.69, 9.17) is 16.3 Å². The average Bonchev–Trinajstić information content (AvgIpc) is 2.69. The molecule has 0 spiro atoms. The molecule has 3 nitrogen and oxygen atoms in total. The van der Waals surface area contributed by atoms with E-state index in [2.05, 4.69) is 0 Å². The summed E-state index contributed by atoms with van der Waals surface area (Å²) in [4.78, 5) is 0.0438. The maximum absolute atomic E-state index is 15.0. The minimum absolute atomic E-state index is 0.0114. The van der Waals surface area contributed by atoms with Gasteiger partial charge in [0, 0.05) is 10.9 Å². The number of allylic oxidation sites excluding steroid dienone is 2. The minimum atomic E-state index is -4.06. The van der Waals surface area contributed by atoms with Crippen LogP contribution in [0.5, 0.6) is 5.75 Å². The number of fused-ring (bicyclic) bond motifs is 3. The smallest absolute Gasteiger partial charge is 0.188 e. The molecule has 0 unspecified atom stereocenters. The van der Waals surface area contributed by atoms with Crippen molar-refractivity contribution in [1.82, 2.24) is 0 Å². The molecule has 0 amide bonds. The van der Waals surface area contributed by atoms with Crippen LogP contribution in [0.4, 0.5) is 8.78 Å². The Balaban J connectivity index is 2.02. The molecule has 0 radical (unpaired) electrons. The van der Waals surface area contributed by atoms with Gasteiger partial charge in [0.15, 0.2) is 21.4 Å². The molecule has 2 aliphatic rings. The van der Waals surface area contributed by atoms with Crippen molar-refractivity contribution in [2.75, 3.05) is 6.61 Å². The zero-order chi connectivity index (χ0) is 20.1. The third kappa shape index (κ3) is 2.69. The second-order valence-electron chi connectivity index (χ2n) is 7.24. The lowest BCUT2D eigenvalue weighted by atomic mass is 9.71. The maximum atomic E-state index is 15.0. The lowest BCUT2D eigenvalue weighted by molar-refractivity contribution is 0.141. The predicted molar refractivity (Wildman–Crippen MR) is 103 cm³/mol. The van der Waals surface area contributed by atoms with Crippen LogP contribution in [0.3, 0.4) is 0 Å². The third-order valence-corrected chi connectivity index (χ3v) is 8.75. The van der Waals surface area contributed by atoms with E-state index in [0.717, 1.165) is 17.7 Å². The van der Waals surface area contributed by atoms with Crippen LogP contribution in [0.25, 0.3) is 0 Å². The van der Waals surface area contributed by atoms with Crippen molar-refractivity contribution in [3.63, 3.8) is 0 Å². The SMILES string of the molecule is CC=C1CC[C@@]2(S(=O)(=O)c3ccc(Cl)cc3)c3c(F)ccc(F)c3OC[C@H]2C1. The second kappa shape index (κ2) is 6.85. The van der Waals surface area contributed by atoms with E-state index in [1.54, 1.807) is 0 Å². The summed E-state index contributed by atoms with van der Waals surface area (Å²) in [6.45, 7) is 1.91. The molecular formula is C21H19ClF2O3S. The van der Waals surface area contributed by atoms with E-state index in [1.807, 2.05) is 13.0 Å². The number of hydrogen-bond acceptors (Lipinski definition) is 3. The first kappa shape index (κ1) is 19.4. The van der Waals surface area contributed by atoms with Crippen LogP contribution >= 0.6 is 11.6 Å². The lowest BCUT2D eigenvalue weighted by Crippen LogP contribution is -2.51. The fraction of sp³-hybridized carbons (Fsp3) is 0.333. The van der Waals surface area contributed by atoms with Gasteiger partial charge in [-0.2, -0.15) is 0 Å². The van der Waals surface area contributed by atoms with Crippen molar-refractivity contribution >= 4 is 21.4 Å². The summed E-state index contributed by atoms with van der Waals surface area (Å²) < 4.78 is 61.2. The molecule has 7 heteroatoms. The fourth-order valence-corrected chi connectivity index (χ4v) is 6.94. The molecule has 1 saturated carbocycles. The van der Waals surface area contributed by atoms with Gasteiger partial charge in [-0.1, -0.05) is 23.3 Å². The number of hydrogen-bond donors (Lipinski definition) is 0. The molecule has 2 aromatic carbocycles. The van der Waals surface area contributed by atoms with Gasteiger partial charge in [0.2, 0.25) is 0 Å². The van der Waals surface area contributed by atoms with Gasteiger partial charge in [-0.05, 0) is 62.6 Å². The monoisotopic (exact) mass is 424 g/mol. The molecule has 1 aliphatic heterocycles. The molecule has 1 heterocycles. The van der Waals surface area contributed by atoms with Crippen LogP contribution in [0.15, 0.2) is 52.9 Å². The number of sulfone groups is 1. The Morgan fingerprint density at radius 1 is 1.14 bits per heavy atom. The molecular weight excluding hydrogens is 406 g/mol. The Hall–Kier alpha value is -1.92. The highest BCUT2D eigenvalue weighted by Crippen LogP contribution is 2.57. The van der Waals surface area contributed by atoms with Crippen molar-refractivity contribution in [3.05, 3.63) is 70.3 Å². The largest absolute Gasteiger partial charge is 0.490 e. The normalized spacial score (nSPS) is 25.7. The van der Waals surface area contributed by atoms with Gasteiger partial charge in [-0.3, -0.25) is 0 Å². The first-order chi connectivity index (χ1) is 13.3. The number of benzene rings is 2. The van der Waals surface area contributed by atoms with Crippen molar-refractivity contribution in [2.24, 2.45) is 5.92 Å². The van der Waals surface area contributed by atoms with Crippen LogP contribution in [0.2, 0.25) is 5.02 Å². The van der Waals surface area contributed by atoms with E-state index in [-0.39, 0.29) is 29.2 Å². The number of ether oxygens (including phenoxy) is 1. The highest BCUT2D eigenvalue weighted by molar-refractivity contribution is 7.92. The van der Waals surface area contributed by atoms with Crippen LogP contribution in [0, 0.1) is 17.6 Å². The van der Waals surface area contributed by atoms with Crippen LogP contribution < -0.4 is 4.74 Å². The first-order valence-corrected chi connectivity index (χ1v) is 10.9. The Bertz CT molecular complexity index is 1060. The summed E-state index contributed by atoms with van der Waals surface area (Å²) in [5, 5.41) is 0.400. The molecule has 28 heavy (non-hydrogen) atoms. The third-order valence-electron chi connectivity index (χ3n) is 5.91.